The number of rotatable bonds is 4. The van der Waals surface area contributed by atoms with Crippen LogP contribution in [0.15, 0.2) is 29.6 Å². The van der Waals surface area contributed by atoms with E-state index >= 15 is 0 Å². The lowest BCUT2D eigenvalue weighted by Gasteiger charge is -2.31. The number of benzene rings is 1. The van der Waals surface area contributed by atoms with Gasteiger partial charge in [0.2, 0.25) is 0 Å². The molecule has 3 rings (SSSR count). The predicted molar refractivity (Wildman–Crippen MR) is 89.8 cm³/mol. The van der Waals surface area contributed by atoms with Crippen LogP contribution in [0.3, 0.4) is 0 Å². The maximum Gasteiger partial charge on any atom is 0.123 e. The summed E-state index contributed by atoms with van der Waals surface area (Å²) in [5, 5.41) is 6.46. The van der Waals surface area contributed by atoms with E-state index in [2.05, 4.69) is 16.8 Å². The first-order valence-electron chi connectivity index (χ1n) is 7.31. The quantitative estimate of drug-likeness (QED) is 0.874. The van der Waals surface area contributed by atoms with Gasteiger partial charge in [0, 0.05) is 27.4 Å². The van der Waals surface area contributed by atoms with E-state index in [1.165, 1.54) is 29.7 Å². The number of halogens is 1. The zero-order valence-electron chi connectivity index (χ0n) is 12.4. The van der Waals surface area contributed by atoms with Crippen LogP contribution < -0.4 is 10.1 Å². The lowest BCUT2D eigenvalue weighted by atomic mass is 9.79. The Balaban J connectivity index is 2.02. The second-order valence-corrected chi connectivity index (χ2v) is 6.89. The molecule has 0 saturated carbocycles. The minimum atomic E-state index is 0.229. The van der Waals surface area contributed by atoms with Gasteiger partial charge in [-0.3, -0.25) is 0 Å². The van der Waals surface area contributed by atoms with Crippen molar-refractivity contribution in [3.05, 3.63) is 50.7 Å². The van der Waals surface area contributed by atoms with E-state index in [1.54, 1.807) is 7.11 Å². The highest BCUT2D eigenvalue weighted by Crippen LogP contribution is 2.44. The number of ether oxygens (including phenoxy) is 1. The number of fused-ring (bicyclic) bond motifs is 1. The molecular weight excluding hydrogens is 302 g/mol. The molecule has 0 spiro atoms. The fourth-order valence-electron chi connectivity index (χ4n) is 3.39. The number of thiophene rings is 1. The molecule has 21 heavy (non-hydrogen) atoms. The normalized spacial score (nSPS) is 19.1. The van der Waals surface area contributed by atoms with E-state index < -0.39 is 0 Å². The van der Waals surface area contributed by atoms with Gasteiger partial charge in [-0.15, -0.1) is 11.3 Å². The van der Waals surface area contributed by atoms with Gasteiger partial charge in [0.1, 0.15) is 5.75 Å². The monoisotopic (exact) mass is 321 g/mol. The Hall–Kier alpha value is -1.03. The van der Waals surface area contributed by atoms with Crippen LogP contribution in [-0.4, -0.2) is 14.2 Å². The van der Waals surface area contributed by atoms with Gasteiger partial charge in [0.15, 0.2) is 0 Å². The van der Waals surface area contributed by atoms with Gasteiger partial charge in [-0.1, -0.05) is 11.6 Å². The van der Waals surface area contributed by atoms with Crippen LogP contribution in [0.4, 0.5) is 0 Å². The third-order valence-corrected chi connectivity index (χ3v) is 5.57. The fourth-order valence-corrected chi connectivity index (χ4v) is 4.57. The van der Waals surface area contributed by atoms with Crippen LogP contribution >= 0.6 is 22.9 Å². The minimum absolute atomic E-state index is 0.229. The Bertz CT molecular complexity index is 625. The zero-order chi connectivity index (χ0) is 14.8. The molecule has 1 aromatic heterocycles. The first kappa shape index (κ1) is 14.9. The molecule has 1 heterocycles. The molecule has 1 N–H and O–H groups in total. The first-order chi connectivity index (χ1) is 10.2. The molecule has 112 valence electrons. The van der Waals surface area contributed by atoms with Crippen molar-refractivity contribution in [1.82, 2.24) is 5.32 Å². The first-order valence-corrected chi connectivity index (χ1v) is 8.57. The second kappa shape index (κ2) is 6.39. The molecule has 0 bridgehead atoms. The molecular formula is C17H20ClNOS. The zero-order valence-corrected chi connectivity index (χ0v) is 13.9. The lowest BCUT2D eigenvalue weighted by molar-refractivity contribution is 0.380. The summed E-state index contributed by atoms with van der Waals surface area (Å²) in [5.41, 5.74) is 2.64. The van der Waals surface area contributed by atoms with Gasteiger partial charge < -0.3 is 10.1 Å². The van der Waals surface area contributed by atoms with Crippen molar-refractivity contribution < 1.29 is 4.74 Å². The van der Waals surface area contributed by atoms with Crippen molar-refractivity contribution in [2.24, 2.45) is 0 Å². The largest absolute Gasteiger partial charge is 0.496 e. The molecule has 0 saturated heterocycles. The minimum Gasteiger partial charge on any atom is -0.496 e. The summed E-state index contributed by atoms with van der Waals surface area (Å²) < 4.78 is 5.55. The summed E-state index contributed by atoms with van der Waals surface area (Å²) in [5.74, 6) is 1.39. The van der Waals surface area contributed by atoms with Crippen LogP contribution in [0.25, 0.3) is 0 Å². The third kappa shape index (κ3) is 2.83. The molecule has 1 aliphatic carbocycles. The Kier molecular flexibility index (Phi) is 4.53. The SMILES string of the molecule is CNC(c1cc(Cl)ccc1OC)C1CCCc2sccc21. The number of methoxy groups -OCH3 is 1. The highest BCUT2D eigenvalue weighted by atomic mass is 35.5. The number of hydrogen-bond acceptors (Lipinski definition) is 3. The van der Waals surface area contributed by atoms with Crippen LogP contribution in [-0.2, 0) is 6.42 Å². The molecule has 2 unspecified atom stereocenters. The van der Waals surface area contributed by atoms with Gasteiger partial charge in [-0.2, -0.15) is 0 Å². The fraction of sp³-hybridized carbons (Fsp3) is 0.412. The van der Waals surface area contributed by atoms with Crippen molar-refractivity contribution in [2.45, 2.75) is 31.2 Å². The van der Waals surface area contributed by atoms with Gasteiger partial charge in [-0.05, 0) is 61.5 Å². The van der Waals surface area contributed by atoms with Gasteiger partial charge >= 0.3 is 0 Å². The molecule has 1 aliphatic rings. The smallest absolute Gasteiger partial charge is 0.123 e. The Morgan fingerprint density at radius 2 is 2.24 bits per heavy atom. The topological polar surface area (TPSA) is 21.3 Å². The molecule has 0 radical (unpaired) electrons. The summed E-state index contributed by atoms with van der Waals surface area (Å²) in [6.07, 6.45) is 3.66. The van der Waals surface area contributed by atoms with Crippen molar-refractivity contribution >= 4 is 22.9 Å². The highest BCUT2D eigenvalue weighted by Gasteiger charge is 2.30. The van der Waals surface area contributed by atoms with Gasteiger partial charge in [0.25, 0.3) is 0 Å². The van der Waals surface area contributed by atoms with Crippen molar-refractivity contribution in [3.8, 4) is 5.75 Å². The van der Waals surface area contributed by atoms with E-state index in [0.717, 1.165) is 16.3 Å². The van der Waals surface area contributed by atoms with Crippen LogP contribution in [0.2, 0.25) is 5.02 Å². The standard InChI is InChI=1S/C17H20ClNOS/c1-19-17(14-10-11(18)6-7-15(14)20-2)13-4-3-5-16-12(13)8-9-21-16/h6-10,13,17,19H,3-5H2,1-2H3. The number of aryl methyl sites for hydroxylation is 1. The van der Waals surface area contributed by atoms with Crippen LogP contribution in [0, 0.1) is 0 Å². The molecule has 0 aliphatic heterocycles. The highest BCUT2D eigenvalue weighted by molar-refractivity contribution is 7.10. The summed E-state index contributed by atoms with van der Waals surface area (Å²) in [6.45, 7) is 0. The summed E-state index contributed by atoms with van der Waals surface area (Å²) >= 11 is 8.09. The Morgan fingerprint density at radius 1 is 1.38 bits per heavy atom. The van der Waals surface area contributed by atoms with E-state index in [0.29, 0.717) is 5.92 Å². The molecule has 2 nitrogen and oxygen atoms in total. The molecule has 2 aromatic rings. The Morgan fingerprint density at radius 3 is 3.00 bits per heavy atom. The third-order valence-electron chi connectivity index (χ3n) is 4.34. The predicted octanol–water partition coefficient (Wildman–Crippen LogP) is 4.79. The van der Waals surface area contributed by atoms with E-state index in [1.807, 2.05) is 36.6 Å². The van der Waals surface area contributed by atoms with Crippen molar-refractivity contribution in [3.63, 3.8) is 0 Å². The number of hydrogen-bond donors (Lipinski definition) is 1. The van der Waals surface area contributed by atoms with Crippen LogP contribution in [0.1, 0.15) is 40.8 Å². The average molecular weight is 322 g/mol. The lowest BCUT2D eigenvalue weighted by Crippen LogP contribution is -2.26. The molecule has 1 aromatic carbocycles. The maximum atomic E-state index is 6.21. The number of likely N-dealkylation sites (N-methyl/N-ethyl adjacent to an activating group) is 1. The average Bonchev–Trinajstić information content (AvgIpc) is 2.97. The molecule has 0 fully saturated rings. The van der Waals surface area contributed by atoms with E-state index in [9.17, 15) is 0 Å². The van der Waals surface area contributed by atoms with Gasteiger partial charge in [-0.25, -0.2) is 0 Å². The maximum absolute atomic E-state index is 6.21. The molecule has 0 amide bonds. The van der Waals surface area contributed by atoms with Crippen molar-refractivity contribution in [2.75, 3.05) is 14.2 Å². The summed E-state index contributed by atoms with van der Waals surface area (Å²) in [4.78, 5) is 1.53. The molecule has 4 heteroatoms. The summed E-state index contributed by atoms with van der Waals surface area (Å²) in [7, 11) is 3.74. The van der Waals surface area contributed by atoms with Crippen molar-refractivity contribution in [1.29, 1.82) is 0 Å². The van der Waals surface area contributed by atoms with E-state index in [4.69, 9.17) is 16.3 Å². The molecule has 2 atom stereocenters. The summed E-state index contributed by atoms with van der Waals surface area (Å²) in [6, 6.07) is 8.38. The van der Waals surface area contributed by atoms with Gasteiger partial charge in [0.05, 0.1) is 7.11 Å². The second-order valence-electron chi connectivity index (χ2n) is 5.45. The Labute approximate surface area is 135 Å². The van der Waals surface area contributed by atoms with Crippen LogP contribution in [0.5, 0.6) is 5.75 Å². The van der Waals surface area contributed by atoms with E-state index in [-0.39, 0.29) is 6.04 Å². The number of nitrogens with one attached hydrogen (secondary N) is 1.